The van der Waals surface area contributed by atoms with E-state index in [-0.39, 0.29) is 11.4 Å². The summed E-state index contributed by atoms with van der Waals surface area (Å²) in [6.45, 7) is -1.63. The van der Waals surface area contributed by atoms with E-state index in [9.17, 15) is 9.36 Å². The molecule has 0 radical (unpaired) electrons. The highest BCUT2D eigenvalue weighted by atomic mass is 32.7. The summed E-state index contributed by atoms with van der Waals surface area (Å²) in [5, 5.41) is 2.21. The molecule has 0 aliphatic heterocycles. The Morgan fingerprint density at radius 3 is 2.18 bits per heavy atom. The zero-order valence-electron chi connectivity index (χ0n) is 6.58. The maximum atomic E-state index is 11.2. The van der Waals surface area contributed by atoms with Crippen molar-refractivity contribution >= 4 is 24.0 Å². The van der Waals surface area contributed by atoms with Gasteiger partial charge < -0.3 is 10.00 Å². The SMILES string of the molecule is COP(=O)(NC(C)=O)SC.O. The van der Waals surface area contributed by atoms with E-state index < -0.39 is 6.72 Å². The Morgan fingerprint density at radius 2 is 2.09 bits per heavy atom. The zero-order chi connectivity index (χ0) is 8.20. The van der Waals surface area contributed by atoms with Crippen molar-refractivity contribution < 1.29 is 19.4 Å². The first kappa shape index (κ1) is 13.6. The lowest BCUT2D eigenvalue weighted by Crippen LogP contribution is -2.15. The van der Waals surface area contributed by atoms with E-state index in [2.05, 4.69) is 9.61 Å². The molecule has 0 aromatic rings. The fourth-order valence-electron chi connectivity index (χ4n) is 0.359. The van der Waals surface area contributed by atoms with E-state index in [0.717, 1.165) is 11.4 Å². The molecule has 3 N–H and O–H groups in total. The van der Waals surface area contributed by atoms with Crippen LogP contribution in [0, 0.1) is 0 Å². The van der Waals surface area contributed by atoms with Gasteiger partial charge in [0.15, 0.2) is 0 Å². The number of rotatable bonds is 3. The number of nitrogens with one attached hydrogen (secondary N) is 1. The van der Waals surface area contributed by atoms with Crippen molar-refractivity contribution in [1.29, 1.82) is 0 Å². The number of carbonyl (C=O) groups is 1. The highest BCUT2D eigenvalue weighted by molar-refractivity contribution is 8.55. The summed E-state index contributed by atoms with van der Waals surface area (Å²) >= 11 is 1.00. The molecule has 1 atom stereocenters. The molecule has 0 spiro atoms. The van der Waals surface area contributed by atoms with Crippen LogP contribution in [0.3, 0.4) is 0 Å². The van der Waals surface area contributed by atoms with Gasteiger partial charge >= 0.3 is 6.72 Å². The summed E-state index contributed by atoms with van der Waals surface area (Å²) < 4.78 is 15.8. The molecule has 0 aromatic heterocycles. The number of amides is 1. The summed E-state index contributed by atoms with van der Waals surface area (Å²) in [4.78, 5) is 10.4. The normalized spacial score (nSPS) is 14.5. The molecule has 0 bridgehead atoms. The molecule has 0 fully saturated rings. The van der Waals surface area contributed by atoms with Crippen molar-refractivity contribution in [3.05, 3.63) is 0 Å². The molecule has 0 aliphatic rings. The van der Waals surface area contributed by atoms with E-state index >= 15 is 0 Å². The van der Waals surface area contributed by atoms with Crippen LogP contribution in [0.5, 0.6) is 0 Å². The second-order valence-corrected chi connectivity index (χ2v) is 6.02. The molecule has 68 valence electrons. The van der Waals surface area contributed by atoms with Crippen molar-refractivity contribution in [2.75, 3.05) is 13.4 Å². The smallest absolute Gasteiger partial charge is 0.352 e. The number of hydrogen-bond acceptors (Lipinski definition) is 4. The highest BCUT2D eigenvalue weighted by Crippen LogP contribution is 2.53. The van der Waals surface area contributed by atoms with Gasteiger partial charge in [-0.2, -0.15) is 0 Å². The number of carbonyl (C=O) groups excluding carboxylic acids is 1. The number of hydrogen-bond donors (Lipinski definition) is 1. The molecule has 0 saturated carbocycles. The van der Waals surface area contributed by atoms with Crippen molar-refractivity contribution in [1.82, 2.24) is 5.09 Å². The third-order valence-corrected chi connectivity index (χ3v) is 4.49. The van der Waals surface area contributed by atoms with Crippen molar-refractivity contribution in [2.45, 2.75) is 6.92 Å². The molecule has 0 rings (SSSR count). The molecule has 0 aliphatic carbocycles. The van der Waals surface area contributed by atoms with Gasteiger partial charge in [0.2, 0.25) is 5.91 Å². The Morgan fingerprint density at radius 1 is 1.64 bits per heavy atom. The van der Waals surface area contributed by atoms with Crippen LogP contribution in [0.1, 0.15) is 6.92 Å². The lowest BCUT2D eigenvalue weighted by molar-refractivity contribution is -0.117. The third-order valence-electron chi connectivity index (χ3n) is 0.775. The second-order valence-electron chi connectivity index (χ2n) is 1.53. The maximum Gasteiger partial charge on any atom is 0.352 e. The molecule has 11 heavy (non-hydrogen) atoms. The molecule has 7 heteroatoms. The summed E-state index contributed by atoms with van der Waals surface area (Å²) in [5.74, 6) is -0.348. The minimum absolute atomic E-state index is 0. The van der Waals surface area contributed by atoms with Gasteiger partial charge in [-0.3, -0.25) is 14.4 Å². The molecule has 0 aromatic carbocycles. The molecule has 1 amide bonds. The standard InChI is InChI=1S/C4H10NO3PS.H2O/c1-4(6)5-9(7,8-2)10-3;/h1-3H3,(H,5,6,7);1H2. The van der Waals surface area contributed by atoms with Gasteiger partial charge in [-0.15, -0.1) is 0 Å². The van der Waals surface area contributed by atoms with Crippen LogP contribution >= 0.6 is 18.1 Å². The monoisotopic (exact) mass is 201 g/mol. The summed E-state index contributed by atoms with van der Waals surface area (Å²) in [5.41, 5.74) is 0. The largest absolute Gasteiger partial charge is 0.412 e. The first-order chi connectivity index (χ1) is 4.54. The Bertz CT molecular complexity index is 165. The van der Waals surface area contributed by atoms with Gasteiger partial charge in [0.1, 0.15) is 0 Å². The van der Waals surface area contributed by atoms with Crippen molar-refractivity contribution in [3.8, 4) is 0 Å². The molecular formula is C4H12NO4PS. The first-order valence-electron chi connectivity index (χ1n) is 2.54. The molecule has 1 unspecified atom stereocenters. The van der Waals surface area contributed by atoms with Gasteiger partial charge in [0.25, 0.3) is 0 Å². The minimum atomic E-state index is -2.92. The van der Waals surface area contributed by atoms with Gasteiger partial charge in [-0.1, -0.05) is 11.4 Å². The molecule has 0 heterocycles. The fourth-order valence-corrected chi connectivity index (χ4v) is 2.18. The molecule has 5 nitrogen and oxygen atoms in total. The molecule has 0 saturated heterocycles. The first-order valence-corrected chi connectivity index (χ1v) is 6.00. The third kappa shape index (κ3) is 5.26. The van der Waals surface area contributed by atoms with Gasteiger partial charge in [0, 0.05) is 14.0 Å². The van der Waals surface area contributed by atoms with E-state index in [1.807, 2.05) is 0 Å². The fraction of sp³-hybridized carbons (Fsp3) is 0.750. The van der Waals surface area contributed by atoms with Crippen LogP contribution in [-0.2, 0) is 13.9 Å². The topological polar surface area (TPSA) is 86.9 Å². The average molecular weight is 201 g/mol. The maximum absolute atomic E-state index is 11.2. The Balaban J connectivity index is 0. The van der Waals surface area contributed by atoms with Gasteiger partial charge in [-0.05, 0) is 6.26 Å². The van der Waals surface area contributed by atoms with Crippen LogP contribution in [-0.4, -0.2) is 24.7 Å². The van der Waals surface area contributed by atoms with Crippen LogP contribution in [0.4, 0.5) is 0 Å². The van der Waals surface area contributed by atoms with Gasteiger partial charge in [-0.25, -0.2) is 0 Å². The van der Waals surface area contributed by atoms with E-state index in [1.54, 1.807) is 6.26 Å². The summed E-state index contributed by atoms with van der Waals surface area (Å²) in [7, 11) is 1.30. The summed E-state index contributed by atoms with van der Waals surface area (Å²) in [6.07, 6.45) is 1.61. The van der Waals surface area contributed by atoms with Crippen molar-refractivity contribution in [2.24, 2.45) is 0 Å². The lowest BCUT2D eigenvalue weighted by atomic mass is 10.8. The van der Waals surface area contributed by atoms with Gasteiger partial charge in [0.05, 0.1) is 0 Å². The predicted octanol–water partition coefficient (Wildman–Crippen LogP) is 0.415. The van der Waals surface area contributed by atoms with E-state index in [4.69, 9.17) is 0 Å². The zero-order valence-corrected chi connectivity index (χ0v) is 8.29. The Labute approximate surface area is 69.4 Å². The van der Waals surface area contributed by atoms with Crippen LogP contribution < -0.4 is 5.09 Å². The second kappa shape index (κ2) is 5.60. The highest BCUT2D eigenvalue weighted by Gasteiger charge is 2.20. The minimum Gasteiger partial charge on any atom is -0.412 e. The van der Waals surface area contributed by atoms with Crippen molar-refractivity contribution in [3.63, 3.8) is 0 Å². The Hall–Kier alpha value is -0.0300. The summed E-state index contributed by atoms with van der Waals surface area (Å²) in [6, 6.07) is 0. The van der Waals surface area contributed by atoms with Crippen LogP contribution in [0.15, 0.2) is 0 Å². The quantitative estimate of drug-likeness (QED) is 0.670. The predicted molar refractivity (Wildman–Crippen MR) is 45.6 cm³/mol. The van der Waals surface area contributed by atoms with Crippen LogP contribution in [0.2, 0.25) is 0 Å². The van der Waals surface area contributed by atoms with Crippen LogP contribution in [0.25, 0.3) is 0 Å². The Kier molecular flexibility index (Phi) is 6.90. The lowest BCUT2D eigenvalue weighted by Gasteiger charge is -2.11. The van der Waals surface area contributed by atoms with E-state index in [0.29, 0.717) is 0 Å². The van der Waals surface area contributed by atoms with E-state index in [1.165, 1.54) is 14.0 Å². The average Bonchev–Trinajstić information content (AvgIpc) is 1.87. The molecular weight excluding hydrogens is 189 g/mol.